The Balaban J connectivity index is 2.49. The molecule has 21 heavy (non-hydrogen) atoms. The lowest BCUT2D eigenvalue weighted by Gasteiger charge is -2.10. The minimum absolute atomic E-state index is 0.0624. The summed E-state index contributed by atoms with van der Waals surface area (Å²) in [6.07, 6.45) is -2.42. The van der Waals surface area contributed by atoms with Crippen molar-refractivity contribution in [2.75, 3.05) is 7.11 Å². The fourth-order valence-corrected chi connectivity index (χ4v) is 1.74. The molecule has 110 valence electrons. The molecule has 0 saturated heterocycles. The van der Waals surface area contributed by atoms with Crippen molar-refractivity contribution >= 4 is 5.78 Å². The summed E-state index contributed by atoms with van der Waals surface area (Å²) in [5.41, 5.74) is -2.21. The molecule has 7 heteroatoms. The lowest BCUT2D eigenvalue weighted by molar-refractivity contribution is -0.140. The third kappa shape index (κ3) is 3.01. The van der Waals surface area contributed by atoms with Crippen LogP contribution in [0.25, 0.3) is 0 Å². The summed E-state index contributed by atoms with van der Waals surface area (Å²) in [5, 5.41) is 0. The first-order valence-electron chi connectivity index (χ1n) is 5.74. The first kappa shape index (κ1) is 15.0. The van der Waals surface area contributed by atoms with Gasteiger partial charge in [0.2, 0.25) is 0 Å². The van der Waals surface area contributed by atoms with Gasteiger partial charge in [-0.25, -0.2) is 4.39 Å². The molecular weight excluding hydrogens is 290 g/mol. The van der Waals surface area contributed by atoms with Crippen LogP contribution in [0.2, 0.25) is 0 Å². The molecule has 0 spiro atoms. The third-order valence-electron chi connectivity index (χ3n) is 2.76. The van der Waals surface area contributed by atoms with Gasteiger partial charge in [-0.2, -0.15) is 13.2 Å². The van der Waals surface area contributed by atoms with Crippen molar-refractivity contribution in [2.45, 2.75) is 6.18 Å². The highest BCUT2D eigenvalue weighted by atomic mass is 19.4. The Labute approximate surface area is 117 Å². The van der Waals surface area contributed by atoms with Gasteiger partial charge in [0.1, 0.15) is 11.6 Å². The van der Waals surface area contributed by atoms with E-state index in [2.05, 4.69) is 4.98 Å². The minimum Gasteiger partial charge on any atom is -0.495 e. The van der Waals surface area contributed by atoms with Gasteiger partial charge in [0.15, 0.2) is 5.78 Å². The Morgan fingerprint density at radius 1 is 1.24 bits per heavy atom. The van der Waals surface area contributed by atoms with Crippen molar-refractivity contribution in [3.8, 4) is 5.75 Å². The SMILES string of the molecule is COc1cncc(C(=O)c2cccc(C(F)(F)F)c2F)c1. The number of benzene rings is 1. The monoisotopic (exact) mass is 299 g/mol. The molecule has 0 unspecified atom stereocenters. The lowest BCUT2D eigenvalue weighted by Crippen LogP contribution is -2.13. The van der Waals surface area contributed by atoms with Gasteiger partial charge in [0.05, 0.1) is 24.4 Å². The van der Waals surface area contributed by atoms with Crippen LogP contribution in [-0.2, 0) is 6.18 Å². The van der Waals surface area contributed by atoms with E-state index in [1.54, 1.807) is 0 Å². The van der Waals surface area contributed by atoms with Crippen molar-refractivity contribution in [3.05, 3.63) is 59.2 Å². The second-order valence-electron chi connectivity index (χ2n) is 4.11. The molecular formula is C14H9F4NO2. The van der Waals surface area contributed by atoms with Crippen LogP contribution in [-0.4, -0.2) is 17.9 Å². The summed E-state index contributed by atoms with van der Waals surface area (Å²) in [4.78, 5) is 15.8. The number of nitrogens with zero attached hydrogens (tertiary/aromatic N) is 1. The second kappa shape index (κ2) is 5.51. The molecule has 0 aliphatic heterocycles. The van der Waals surface area contributed by atoms with Crippen molar-refractivity contribution < 1.29 is 27.1 Å². The average Bonchev–Trinajstić information content (AvgIpc) is 2.45. The number of aromatic nitrogens is 1. The Bertz CT molecular complexity index is 683. The van der Waals surface area contributed by atoms with Gasteiger partial charge in [-0.1, -0.05) is 6.07 Å². The Hall–Kier alpha value is -2.44. The minimum atomic E-state index is -4.87. The molecule has 0 fully saturated rings. The molecule has 3 nitrogen and oxygen atoms in total. The van der Waals surface area contributed by atoms with Crippen LogP contribution in [0.1, 0.15) is 21.5 Å². The lowest BCUT2D eigenvalue weighted by atomic mass is 10.0. The van der Waals surface area contributed by atoms with Crippen molar-refractivity contribution in [2.24, 2.45) is 0 Å². The maximum absolute atomic E-state index is 13.9. The Kier molecular flexibility index (Phi) is 3.93. The normalized spacial score (nSPS) is 11.3. The predicted molar refractivity (Wildman–Crippen MR) is 65.6 cm³/mol. The van der Waals surface area contributed by atoms with E-state index in [9.17, 15) is 22.4 Å². The van der Waals surface area contributed by atoms with Gasteiger partial charge in [-0.15, -0.1) is 0 Å². The van der Waals surface area contributed by atoms with Crippen LogP contribution in [0.3, 0.4) is 0 Å². The van der Waals surface area contributed by atoms with E-state index in [1.807, 2.05) is 0 Å². The molecule has 0 bridgehead atoms. The van der Waals surface area contributed by atoms with Gasteiger partial charge in [0.25, 0.3) is 0 Å². The number of hydrogen-bond acceptors (Lipinski definition) is 3. The zero-order chi connectivity index (χ0) is 15.6. The van der Waals surface area contributed by atoms with Crippen LogP contribution in [0.4, 0.5) is 17.6 Å². The third-order valence-corrected chi connectivity index (χ3v) is 2.76. The number of carbonyl (C=O) groups excluding carboxylic acids is 1. The number of rotatable bonds is 3. The van der Waals surface area contributed by atoms with E-state index >= 15 is 0 Å². The van der Waals surface area contributed by atoms with Crippen LogP contribution >= 0.6 is 0 Å². The van der Waals surface area contributed by atoms with E-state index in [0.717, 1.165) is 18.3 Å². The standard InChI is InChI=1S/C14H9F4NO2/c1-21-9-5-8(6-19-7-9)13(20)10-3-2-4-11(12(10)15)14(16,17)18/h2-7H,1H3. The number of alkyl halides is 3. The van der Waals surface area contributed by atoms with E-state index in [4.69, 9.17) is 4.74 Å². The number of ether oxygens (including phenoxy) is 1. The van der Waals surface area contributed by atoms with Crippen LogP contribution < -0.4 is 4.74 Å². The van der Waals surface area contributed by atoms with Crippen molar-refractivity contribution in [3.63, 3.8) is 0 Å². The van der Waals surface area contributed by atoms with E-state index in [0.29, 0.717) is 6.07 Å². The molecule has 2 aromatic rings. The van der Waals surface area contributed by atoms with Crippen LogP contribution in [0.5, 0.6) is 5.75 Å². The van der Waals surface area contributed by atoms with Gasteiger partial charge in [-0.05, 0) is 18.2 Å². The molecule has 0 radical (unpaired) electrons. The molecule has 0 N–H and O–H groups in total. The molecule has 0 saturated carbocycles. The number of hydrogen-bond donors (Lipinski definition) is 0. The van der Waals surface area contributed by atoms with Gasteiger partial charge in [0, 0.05) is 11.8 Å². The van der Waals surface area contributed by atoms with Gasteiger partial charge < -0.3 is 4.74 Å². The second-order valence-corrected chi connectivity index (χ2v) is 4.11. The number of methoxy groups -OCH3 is 1. The van der Waals surface area contributed by atoms with Crippen LogP contribution in [0.15, 0.2) is 36.7 Å². The highest BCUT2D eigenvalue weighted by Crippen LogP contribution is 2.33. The molecule has 0 amide bonds. The largest absolute Gasteiger partial charge is 0.495 e. The fourth-order valence-electron chi connectivity index (χ4n) is 1.74. The summed E-state index contributed by atoms with van der Waals surface area (Å²) in [6, 6.07) is 3.82. The maximum atomic E-state index is 13.9. The highest BCUT2D eigenvalue weighted by Gasteiger charge is 2.35. The molecule has 2 rings (SSSR count). The number of ketones is 1. The fraction of sp³-hybridized carbons (Fsp3) is 0.143. The smallest absolute Gasteiger partial charge is 0.419 e. The van der Waals surface area contributed by atoms with E-state index in [-0.39, 0.29) is 11.3 Å². The molecule has 0 aliphatic carbocycles. The zero-order valence-electron chi connectivity index (χ0n) is 10.7. The number of carbonyl (C=O) groups is 1. The van der Waals surface area contributed by atoms with Crippen molar-refractivity contribution in [1.29, 1.82) is 0 Å². The quantitative estimate of drug-likeness (QED) is 0.643. The maximum Gasteiger partial charge on any atom is 0.419 e. The summed E-state index contributed by atoms with van der Waals surface area (Å²) >= 11 is 0. The van der Waals surface area contributed by atoms with E-state index < -0.39 is 28.9 Å². The molecule has 0 atom stereocenters. The summed E-state index contributed by atoms with van der Waals surface area (Å²) in [6.45, 7) is 0. The zero-order valence-corrected chi connectivity index (χ0v) is 10.7. The Morgan fingerprint density at radius 2 is 1.95 bits per heavy atom. The molecule has 1 heterocycles. The number of pyridine rings is 1. The van der Waals surface area contributed by atoms with E-state index in [1.165, 1.54) is 19.4 Å². The predicted octanol–water partition coefficient (Wildman–Crippen LogP) is 3.48. The average molecular weight is 299 g/mol. The first-order valence-corrected chi connectivity index (χ1v) is 5.74. The topological polar surface area (TPSA) is 39.2 Å². The molecule has 1 aromatic carbocycles. The number of halogens is 4. The Morgan fingerprint density at radius 3 is 2.57 bits per heavy atom. The summed E-state index contributed by atoms with van der Waals surface area (Å²) in [7, 11) is 1.34. The van der Waals surface area contributed by atoms with Crippen LogP contribution in [0, 0.1) is 5.82 Å². The highest BCUT2D eigenvalue weighted by molar-refractivity contribution is 6.09. The molecule has 1 aromatic heterocycles. The summed E-state index contributed by atoms with van der Waals surface area (Å²) in [5.74, 6) is -2.25. The van der Waals surface area contributed by atoms with Gasteiger partial charge >= 0.3 is 6.18 Å². The van der Waals surface area contributed by atoms with Crippen molar-refractivity contribution in [1.82, 2.24) is 4.98 Å². The van der Waals surface area contributed by atoms with Gasteiger partial charge in [-0.3, -0.25) is 9.78 Å². The molecule has 0 aliphatic rings. The summed E-state index contributed by atoms with van der Waals surface area (Å²) < 4.78 is 56.6. The first-order chi connectivity index (χ1) is 9.84.